The molecule has 1 aromatic rings. The van der Waals surface area contributed by atoms with Gasteiger partial charge in [-0.05, 0) is 31.4 Å². The van der Waals surface area contributed by atoms with Crippen LogP contribution in [0.2, 0.25) is 0 Å². The lowest BCUT2D eigenvalue weighted by molar-refractivity contribution is -0.136. The number of imide groups is 2. The fraction of sp³-hybridized carbons (Fsp3) is 0.409. The fourth-order valence-electron chi connectivity index (χ4n) is 3.58. The van der Waals surface area contributed by atoms with E-state index < -0.39 is 42.2 Å². The van der Waals surface area contributed by atoms with E-state index >= 15 is 0 Å². The van der Waals surface area contributed by atoms with Gasteiger partial charge in [-0.2, -0.15) is 0 Å². The number of aliphatic hydroxyl groups excluding tert-OH is 1. The van der Waals surface area contributed by atoms with Gasteiger partial charge in [-0.3, -0.25) is 34.2 Å². The Morgan fingerprint density at radius 3 is 2.71 bits per heavy atom. The van der Waals surface area contributed by atoms with Gasteiger partial charge in [0.15, 0.2) is 0 Å². The van der Waals surface area contributed by atoms with Crippen LogP contribution in [-0.2, 0) is 14.4 Å². The molecular weight excluding hydrogens is 402 g/mol. The molecule has 9 heteroatoms. The lowest BCUT2D eigenvalue weighted by atomic mass is 10.0. The predicted molar refractivity (Wildman–Crippen MR) is 109 cm³/mol. The highest BCUT2D eigenvalue weighted by molar-refractivity contribution is 6.24. The maximum Gasteiger partial charge on any atom is 0.263 e. The largest absolute Gasteiger partial charge is 0.387 e. The van der Waals surface area contributed by atoms with Crippen LogP contribution in [0, 0.1) is 11.8 Å². The molecule has 9 nitrogen and oxygen atoms in total. The van der Waals surface area contributed by atoms with Crippen molar-refractivity contribution in [3.05, 3.63) is 34.9 Å². The molecule has 0 radical (unpaired) electrons. The molecule has 1 aromatic carbocycles. The van der Waals surface area contributed by atoms with E-state index in [0.29, 0.717) is 18.5 Å². The molecule has 0 aromatic heterocycles. The van der Waals surface area contributed by atoms with Crippen molar-refractivity contribution < 1.29 is 29.1 Å². The predicted octanol–water partition coefficient (Wildman–Crippen LogP) is 0.108. The Hall–Kier alpha value is -3.51. The minimum absolute atomic E-state index is 0.0696. The zero-order valence-corrected chi connectivity index (χ0v) is 16.9. The van der Waals surface area contributed by atoms with Gasteiger partial charge in [-0.25, -0.2) is 0 Å². The third kappa shape index (κ3) is 4.98. The Morgan fingerprint density at radius 2 is 1.97 bits per heavy atom. The van der Waals surface area contributed by atoms with Crippen LogP contribution in [0.25, 0.3) is 0 Å². The number of nitrogens with zero attached hydrogens (tertiary/aromatic N) is 1. The van der Waals surface area contributed by atoms with E-state index in [1.54, 1.807) is 12.1 Å². The topological polar surface area (TPSA) is 133 Å². The minimum atomic E-state index is -1.00. The number of unbranched alkanes of at least 4 members (excludes halogenated alkanes) is 3. The van der Waals surface area contributed by atoms with Gasteiger partial charge in [0.25, 0.3) is 11.8 Å². The fourth-order valence-corrected chi connectivity index (χ4v) is 3.58. The van der Waals surface area contributed by atoms with Crippen LogP contribution in [0.3, 0.4) is 0 Å². The number of hydrogen-bond acceptors (Lipinski definition) is 6. The van der Waals surface area contributed by atoms with Crippen LogP contribution >= 0.6 is 0 Å². The van der Waals surface area contributed by atoms with Gasteiger partial charge in [0.1, 0.15) is 12.6 Å². The molecule has 31 heavy (non-hydrogen) atoms. The molecule has 0 bridgehead atoms. The van der Waals surface area contributed by atoms with Crippen LogP contribution in [-0.4, -0.2) is 58.7 Å². The third-order valence-corrected chi connectivity index (χ3v) is 5.14. The summed E-state index contributed by atoms with van der Waals surface area (Å²) in [4.78, 5) is 61.1. The van der Waals surface area contributed by atoms with Gasteiger partial charge >= 0.3 is 0 Å². The van der Waals surface area contributed by atoms with Gasteiger partial charge in [0.05, 0.1) is 11.1 Å². The summed E-state index contributed by atoms with van der Waals surface area (Å²) in [6, 6.07) is 3.84. The molecule has 0 aliphatic carbocycles. The van der Waals surface area contributed by atoms with Gasteiger partial charge < -0.3 is 10.4 Å². The SMILES string of the molecule is O=C(CO)NCCCCCC#Cc1cccc2c1C(=O)N(C1CCC(=O)NC1=O)C2=O. The van der Waals surface area contributed by atoms with E-state index in [-0.39, 0.29) is 24.0 Å². The molecule has 1 saturated heterocycles. The molecule has 2 aliphatic rings. The number of aliphatic hydroxyl groups is 1. The standard InChI is InChI=1S/C22H23N3O6/c26-13-18(28)23-12-5-3-1-2-4-7-14-8-6-9-15-19(14)22(31)25(21(15)30)16-10-11-17(27)24-20(16)29/h6,8-9,16,26H,1-3,5,10-13H2,(H,23,28)(H,24,27,29). The minimum Gasteiger partial charge on any atom is -0.387 e. The Kier molecular flexibility index (Phi) is 7.15. The quantitative estimate of drug-likeness (QED) is 0.323. The number of carbonyl (C=O) groups is 5. The Labute approximate surface area is 179 Å². The van der Waals surface area contributed by atoms with Gasteiger partial charge in [0, 0.05) is 24.9 Å². The smallest absolute Gasteiger partial charge is 0.263 e. The maximum absolute atomic E-state index is 13.0. The monoisotopic (exact) mass is 425 g/mol. The van der Waals surface area contributed by atoms with Crippen LogP contribution in [0.4, 0.5) is 0 Å². The summed E-state index contributed by atoms with van der Waals surface area (Å²) in [6.07, 6.45) is 3.16. The normalized spacial score (nSPS) is 17.7. The molecule has 1 unspecified atom stereocenters. The number of rotatable bonds is 7. The van der Waals surface area contributed by atoms with Crippen LogP contribution in [0.15, 0.2) is 18.2 Å². The van der Waals surface area contributed by atoms with E-state index in [4.69, 9.17) is 5.11 Å². The van der Waals surface area contributed by atoms with Crippen molar-refractivity contribution in [1.29, 1.82) is 0 Å². The second-order valence-corrected chi connectivity index (χ2v) is 7.30. The Bertz CT molecular complexity index is 991. The highest BCUT2D eigenvalue weighted by Gasteiger charge is 2.45. The molecule has 5 amide bonds. The van der Waals surface area contributed by atoms with Crippen molar-refractivity contribution in [3.63, 3.8) is 0 Å². The number of amides is 5. The lowest BCUT2D eigenvalue weighted by Crippen LogP contribution is -2.54. The van der Waals surface area contributed by atoms with E-state index in [9.17, 15) is 24.0 Å². The zero-order valence-electron chi connectivity index (χ0n) is 16.9. The van der Waals surface area contributed by atoms with Crippen LogP contribution in [0.5, 0.6) is 0 Å². The molecule has 0 spiro atoms. The second-order valence-electron chi connectivity index (χ2n) is 7.30. The van der Waals surface area contributed by atoms with Crippen molar-refractivity contribution in [2.45, 2.75) is 44.6 Å². The molecule has 2 aliphatic heterocycles. The molecule has 2 heterocycles. The van der Waals surface area contributed by atoms with Crippen molar-refractivity contribution in [3.8, 4) is 11.8 Å². The maximum atomic E-state index is 13.0. The summed E-state index contributed by atoms with van der Waals surface area (Å²) in [5, 5.41) is 13.4. The van der Waals surface area contributed by atoms with E-state index in [0.717, 1.165) is 24.2 Å². The Morgan fingerprint density at radius 1 is 1.16 bits per heavy atom. The summed E-state index contributed by atoms with van der Waals surface area (Å²) in [5.74, 6) is 3.37. The number of nitrogens with one attached hydrogen (secondary N) is 2. The average Bonchev–Trinajstić information content (AvgIpc) is 3.01. The highest BCUT2D eigenvalue weighted by atomic mass is 16.3. The second kappa shape index (κ2) is 10.00. The molecule has 162 valence electrons. The van der Waals surface area contributed by atoms with Crippen molar-refractivity contribution in [1.82, 2.24) is 15.5 Å². The number of carbonyl (C=O) groups excluding carboxylic acids is 5. The van der Waals surface area contributed by atoms with E-state index in [2.05, 4.69) is 22.5 Å². The third-order valence-electron chi connectivity index (χ3n) is 5.14. The van der Waals surface area contributed by atoms with Crippen molar-refractivity contribution in [2.24, 2.45) is 0 Å². The Balaban J connectivity index is 1.62. The van der Waals surface area contributed by atoms with E-state index in [1.165, 1.54) is 6.07 Å². The first-order valence-electron chi connectivity index (χ1n) is 10.1. The summed E-state index contributed by atoms with van der Waals surface area (Å²) in [6.45, 7) is -0.0269. The molecule has 1 fully saturated rings. The number of hydrogen-bond donors (Lipinski definition) is 3. The molecule has 3 rings (SSSR count). The first-order valence-corrected chi connectivity index (χ1v) is 10.1. The van der Waals surface area contributed by atoms with Crippen LogP contribution < -0.4 is 10.6 Å². The number of fused-ring (bicyclic) bond motifs is 1. The summed E-state index contributed by atoms with van der Waals surface area (Å²) in [7, 11) is 0. The van der Waals surface area contributed by atoms with Crippen LogP contribution in [0.1, 0.15) is 64.8 Å². The van der Waals surface area contributed by atoms with E-state index in [1.807, 2.05) is 0 Å². The molecule has 1 atom stereocenters. The zero-order chi connectivity index (χ0) is 22.4. The first kappa shape index (κ1) is 22.2. The van der Waals surface area contributed by atoms with Crippen molar-refractivity contribution >= 4 is 29.5 Å². The number of benzene rings is 1. The van der Waals surface area contributed by atoms with Gasteiger partial charge in [-0.1, -0.05) is 24.3 Å². The molecule has 0 saturated carbocycles. The molecular formula is C22H23N3O6. The van der Waals surface area contributed by atoms with Gasteiger partial charge in [0.2, 0.25) is 17.7 Å². The van der Waals surface area contributed by atoms with Gasteiger partial charge in [-0.15, -0.1) is 0 Å². The summed E-state index contributed by atoms with van der Waals surface area (Å²) < 4.78 is 0. The average molecular weight is 425 g/mol. The summed E-state index contributed by atoms with van der Waals surface area (Å²) in [5.41, 5.74) is 0.832. The highest BCUT2D eigenvalue weighted by Crippen LogP contribution is 2.29. The number of piperidine rings is 1. The van der Waals surface area contributed by atoms with Crippen molar-refractivity contribution in [2.75, 3.05) is 13.2 Å². The lowest BCUT2D eigenvalue weighted by Gasteiger charge is -2.27. The summed E-state index contributed by atoms with van der Waals surface area (Å²) >= 11 is 0. The first-order chi connectivity index (χ1) is 14.9. The molecule has 3 N–H and O–H groups in total.